The average molecular weight is 800 g/mol. The number of hydrogen-bond acceptors (Lipinski definition) is 10. The Morgan fingerprint density at radius 3 is 1.95 bits per heavy atom. The highest BCUT2D eigenvalue weighted by Crippen LogP contribution is 2.30. The van der Waals surface area contributed by atoms with Crippen LogP contribution in [0.4, 0.5) is 13.6 Å². The molecule has 2 saturated heterocycles. The Balaban J connectivity index is 0.000000275. The number of benzene rings is 2. The van der Waals surface area contributed by atoms with Crippen LogP contribution in [-0.4, -0.2) is 113 Å². The van der Waals surface area contributed by atoms with Crippen LogP contribution < -0.4 is 10.6 Å². The number of aliphatic hydroxyl groups is 1. The zero-order valence-electron chi connectivity index (χ0n) is 33.7. The van der Waals surface area contributed by atoms with Gasteiger partial charge < -0.3 is 49.6 Å². The number of aromatic amines is 2. The summed E-state index contributed by atoms with van der Waals surface area (Å²) in [5.74, 6) is -1.65. The predicted molar refractivity (Wildman–Crippen MR) is 209 cm³/mol. The van der Waals surface area contributed by atoms with Gasteiger partial charge in [-0.05, 0) is 101 Å². The maximum atomic E-state index is 13.7. The van der Waals surface area contributed by atoms with E-state index in [1.54, 1.807) is 50.9 Å². The van der Waals surface area contributed by atoms with Gasteiger partial charge in [-0.3, -0.25) is 14.4 Å². The molecule has 2 fully saturated rings. The molecule has 312 valence electrons. The maximum Gasteiger partial charge on any atom is 0.408 e. The molecule has 14 nitrogen and oxygen atoms in total. The Morgan fingerprint density at radius 2 is 1.42 bits per heavy atom. The number of halogens is 2. The molecule has 6 rings (SSSR count). The summed E-state index contributed by atoms with van der Waals surface area (Å²) in [4.78, 5) is 56.8. The van der Waals surface area contributed by atoms with Gasteiger partial charge in [0.25, 0.3) is 0 Å². The molecule has 4 aromatic rings. The Labute approximate surface area is 330 Å². The van der Waals surface area contributed by atoms with E-state index < -0.39 is 42.0 Å². The molecule has 4 heterocycles. The van der Waals surface area contributed by atoms with E-state index in [0.29, 0.717) is 24.9 Å². The van der Waals surface area contributed by atoms with Crippen molar-refractivity contribution in [1.82, 2.24) is 25.5 Å². The van der Waals surface area contributed by atoms with Crippen LogP contribution in [0.15, 0.2) is 48.8 Å². The number of aliphatic hydroxyl groups excluding tert-OH is 1. The molecular weight excluding hydrogens is 744 g/mol. The fourth-order valence-corrected chi connectivity index (χ4v) is 7.24. The second-order valence-corrected chi connectivity index (χ2v) is 15.0. The van der Waals surface area contributed by atoms with Crippen molar-refractivity contribution >= 4 is 45.7 Å². The van der Waals surface area contributed by atoms with Gasteiger partial charge in [0.1, 0.15) is 35.5 Å². The lowest BCUT2D eigenvalue weighted by Crippen LogP contribution is -2.57. The first kappa shape index (κ1) is 44.7. The molecule has 2 aliphatic rings. The largest absolute Gasteiger partial charge is 0.461 e. The van der Waals surface area contributed by atoms with Crippen molar-refractivity contribution in [2.75, 3.05) is 27.3 Å². The number of alkyl carbamates (subject to hydrolysis) is 1. The van der Waals surface area contributed by atoms with E-state index in [1.165, 1.54) is 45.2 Å². The van der Waals surface area contributed by atoms with Crippen molar-refractivity contribution in [1.29, 1.82) is 0 Å². The Bertz CT molecular complexity index is 1990. The van der Waals surface area contributed by atoms with E-state index in [4.69, 9.17) is 24.1 Å². The van der Waals surface area contributed by atoms with Crippen molar-refractivity contribution in [3.63, 3.8) is 0 Å². The van der Waals surface area contributed by atoms with Gasteiger partial charge in [0, 0.05) is 81.3 Å². The van der Waals surface area contributed by atoms with E-state index in [-0.39, 0.29) is 35.7 Å². The molecular formula is C41H55F2N5O9. The maximum absolute atomic E-state index is 13.7. The van der Waals surface area contributed by atoms with E-state index in [0.717, 1.165) is 53.9 Å². The first-order valence-corrected chi connectivity index (χ1v) is 18.9. The molecule has 2 amide bonds. The third kappa shape index (κ3) is 12.0. The quantitative estimate of drug-likeness (QED) is 0.107. The minimum atomic E-state index is -1.01. The first-order chi connectivity index (χ1) is 27.0. The highest BCUT2D eigenvalue weighted by molar-refractivity contribution is 5.88. The Kier molecular flexibility index (Phi) is 15.6. The average Bonchev–Trinajstić information content (AvgIpc) is 3.94. The number of amides is 2. The number of carbonyl (C=O) groups is 4. The van der Waals surface area contributed by atoms with Gasteiger partial charge in [0.15, 0.2) is 0 Å². The molecule has 0 bridgehead atoms. The molecule has 57 heavy (non-hydrogen) atoms. The van der Waals surface area contributed by atoms with Gasteiger partial charge in [-0.25, -0.2) is 13.6 Å². The lowest BCUT2D eigenvalue weighted by Gasteiger charge is -2.33. The number of hydrogen-bond donors (Lipinski definition) is 5. The molecule has 2 aromatic carbocycles. The van der Waals surface area contributed by atoms with Crippen molar-refractivity contribution in [3.8, 4) is 0 Å². The number of aromatic nitrogens is 2. The summed E-state index contributed by atoms with van der Waals surface area (Å²) in [6.45, 7) is 10.8. The van der Waals surface area contributed by atoms with Crippen LogP contribution in [0.2, 0.25) is 0 Å². The second-order valence-electron chi connectivity index (χ2n) is 15.0. The number of methoxy groups -OCH3 is 1. The van der Waals surface area contributed by atoms with Crippen molar-refractivity contribution in [2.45, 2.75) is 109 Å². The van der Waals surface area contributed by atoms with Crippen LogP contribution >= 0.6 is 0 Å². The van der Waals surface area contributed by atoms with Gasteiger partial charge in [0.2, 0.25) is 5.91 Å². The minimum Gasteiger partial charge on any atom is -0.461 e. The number of fused-ring (bicyclic) bond motifs is 2. The third-order valence-electron chi connectivity index (χ3n) is 9.79. The molecule has 16 heteroatoms. The van der Waals surface area contributed by atoms with Crippen LogP contribution in [0.5, 0.6) is 0 Å². The van der Waals surface area contributed by atoms with E-state index in [2.05, 4.69) is 20.6 Å². The van der Waals surface area contributed by atoms with E-state index in [9.17, 15) is 28.0 Å². The van der Waals surface area contributed by atoms with Gasteiger partial charge in [0.05, 0.1) is 12.1 Å². The molecule has 0 aliphatic carbocycles. The van der Waals surface area contributed by atoms with Crippen molar-refractivity contribution in [3.05, 3.63) is 71.6 Å². The molecule has 6 atom stereocenters. The fourth-order valence-electron chi connectivity index (χ4n) is 7.24. The number of likely N-dealkylation sites (tertiary alicyclic amines) is 1. The highest BCUT2D eigenvalue weighted by atomic mass is 19.1. The van der Waals surface area contributed by atoms with E-state index in [1.807, 2.05) is 6.20 Å². The highest BCUT2D eigenvalue weighted by Gasteiger charge is 2.43. The van der Waals surface area contributed by atoms with Gasteiger partial charge in [-0.2, -0.15) is 0 Å². The van der Waals surface area contributed by atoms with E-state index >= 15 is 0 Å². The second kappa shape index (κ2) is 19.9. The molecule has 0 unspecified atom stereocenters. The smallest absolute Gasteiger partial charge is 0.408 e. The molecule has 2 aliphatic heterocycles. The summed E-state index contributed by atoms with van der Waals surface area (Å²) in [6, 6.07) is 7.82. The summed E-state index contributed by atoms with van der Waals surface area (Å²) in [5, 5.41) is 14.8. The zero-order chi connectivity index (χ0) is 42.0. The molecule has 0 radical (unpaired) electrons. The lowest BCUT2D eigenvalue weighted by atomic mass is 10.00. The normalized spacial score (nSPS) is 20.2. The fraction of sp³-hybridized carbons (Fsp3) is 0.512. The SMILES string of the molecule is CC(=O)O[C@H]1CCN[C@@H]1Cc1c[nH]c2cc(F)ccc12.CO.CO[C@H](C)[C@H](NC(=O)OC(C)(C)C)C(=O)N1CC[C@H](OC(C)=O)[C@H]1Cc1c[nH]c2cc(F)ccc12. The van der Waals surface area contributed by atoms with Gasteiger partial charge in [-0.1, -0.05) is 0 Å². The van der Waals surface area contributed by atoms with Crippen LogP contribution in [-0.2, 0) is 46.2 Å². The van der Waals surface area contributed by atoms with Crippen molar-refractivity contribution in [2.24, 2.45) is 0 Å². The molecule has 5 N–H and O–H groups in total. The Morgan fingerprint density at radius 1 is 0.877 bits per heavy atom. The third-order valence-corrected chi connectivity index (χ3v) is 9.79. The number of nitrogens with one attached hydrogen (secondary N) is 4. The monoisotopic (exact) mass is 799 g/mol. The zero-order valence-corrected chi connectivity index (χ0v) is 33.7. The molecule has 0 spiro atoms. The van der Waals surface area contributed by atoms with Crippen molar-refractivity contribution < 1.29 is 52.0 Å². The lowest BCUT2D eigenvalue weighted by molar-refractivity contribution is -0.150. The predicted octanol–water partition coefficient (Wildman–Crippen LogP) is 5.06. The number of rotatable bonds is 10. The number of nitrogens with zero attached hydrogens (tertiary/aromatic N) is 1. The molecule has 0 saturated carbocycles. The number of carbonyl (C=O) groups excluding carboxylic acids is 4. The molecule has 2 aromatic heterocycles. The summed E-state index contributed by atoms with van der Waals surface area (Å²) >= 11 is 0. The number of esters is 2. The summed E-state index contributed by atoms with van der Waals surface area (Å²) < 4.78 is 48.4. The van der Waals surface area contributed by atoms with Crippen LogP contribution in [0.25, 0.3) is 21.8 Å². The summed E-state index contributed by atoms with van der Waals surface area (Å²) in [7, 11) is 2.45. The van der Waals surface area contributed by atoms with Gasteiger partial charge >= 0.3 is 18.0 Å². The van der Waals surface area contributed by atoms with Gasteiger partial charge in [-0.15, -0.1) is 0 Å². The topological polar surface area (TPSA) is 184 Å². The summed E-state index contributed by atoms with van der Waals surface area (Å²) in [6.07, 6.45) is 4.10. The standard InChI is InChI=1S/C25H34FN3O6.C15H17FN2O2.CH4O/c1-14(33-6)22(28-24(32)35-25(3,4)5)23(31)29-10-9-21(34-15(2)30)20(29)11-16-13-27-19-12-17(26)7-8-18(16)19;1-9(19)20-15-4-5-17-14(15)6-10-8-18-13-7-11(16)2-3-12(10)13;1-2/h7-8,12-14,20-22,27H,9-11H2,1-6H3,(H,28,32);2-3,7-8,14-15,17-18H,4-6H2,1H3;2H,1H3/t14-,20-,21+,22+;14-,15+;/m11./s1. The van der Waals surface area contributed by atoms with Crippen LogP contribution in [0.1, 0.15) is 65.5 Å². The van der Waals surface area contributed by atoms with Crippen LogP contribution in [0.3, 0.4) is 0 Å². The number of H-pyrrole nitrogens is 2. The first-order valence-electron chi connectivity index (χ1n) is 18.9. The number of ether oxygens (including phenoxy) is 4. The minimum absolute atomic E-state index is 0.0853. The van der Waals surface area contributed by atoms with Crippen LogP contribution in [0, 0.1) is 11.6 Å². The summed E-state index contributed by atoms with van der Waals surface area (Å²) in [5.41, 5.74) is 2.66. The Hall–Kier alpha value is -5.06.